The fourth-order valence-corrected chi connectivity index (χ4v) is 4.48. The van der Waals surface area contributed by atoms with E-state index in [1.807, 2.05) is 13.0 Å². The molecule has 2 heterocycles. The van der Waals surface area contributed by atoms with Gasteiger partial charge in [-0.2, -0.15) is 0 Å². The van der Waals surface area contributed by atoms with E-state index in [2.05, 4.69) is 10.0 Å². The van der Waals surface area contributed by atoms with Crippen molar-refractivity contribution >= 4 is 21.4 Å². The molecule has 1 saturated heterocycles. The summed E-state index contributed by atoms with van der Waals surface area (Å²) in [5.74, 6) is 0. The Kier molecular flexibility index (Phi) is 5.98. The van der Waals surface area contributed by atoms with Crippen molar-refractivity contribution < 1.29 is 13.2 Å². The van der Waals surface area contributed by atoms with Crippen LogP contribution in [0.5, 0.6) is 0 Å². The van der Waals surface area contributed by atoms with E-state index < -0.39 is 10.0 Å². The maximum atomic E-state index is 12.0. The molecule has 0 atom stereocenters. The molecule has 1 aliphatic rings. The van der Waals surface area contributed by atoms with Crippen LogP contribution in [-0.4, -0.2) is 40.8 Å². The minimum absolute atomic E-state index is 0.259. The number of rotatable bonds is 7. The average Bonchev–Trinajstić information content (AvgIpc) is 2.95. The van der Waals surface area contributed by atoms with E-state index in [1.165, 1.54) is 11.3 Å². The third-order valence-corrected chi connectivity index (χ3v) is 6.47. The van der Waals surface area contributed by atoms with Crippen molar-refractivity contribution in [2.24, 2.45) is 0 Å². The zero-order chi connectivity index (χ0) is 14.4. The van der Waals surface area contributed by atoms with Crippen LogP contribution < -0.4 is 10.0 Å². The smallest absolute Gasteiger partial charge is 0.250 e. The van der Waals surface area contributed by atoms with Gasteiger partial charge in [0.15, 0.2) is 0 Å². The SMILES string of the molecule is CCc1ccc(S(=O)(=O)NCCOC2CCNCC2)s1. The summed E-state index contributed by atoms with van der Waals surface area (Å²) < 4.78 is 32.7. The molecule has 20 heavy (non-hydrogen) atoms. The highest BCUT2D eigenvalue weighted by Crippen LogP contribution is 2.21. The van der Waals surface area contributed by atoms with E-state index in [-0.39, 0.29) is 6.10 Å². The number of nitrogens with one attached hydrogen (secondary N) is 2. The van der Waals surface area contributed by atoms with E-state index in [0.29, 0.717) is 17.4 Å². The van der Waals surface area contributed by atoms with Crippen LogP contribution >= 0.6 is 11.3 Å². The zero-order valence-electron chi connectivity index (χ0n) is 11.7. The van der Waals surface area contributed by atoms with Crippen molar-refractivity contribution in [2.75, 3.05) is 26.2 Å². The lowest BCUT2D eigenvalue weighted by Crippen LogP contribution is -2.34. The summed E-state index contributed by atoms with van der Waals surface area (Å²) in [5.41, 5.74) is 0. The van der Waals surface area contributed by atoms with E-state index >= 15 is 0 Å². The Morgan fingerprint density at radius 3 is 2.80 bits per heavy atom. The molecule has 0 spiro atoms. The third-order valence-electron chi connectivity index (χ3n) is 3.28. The molecule has 0 aromatic carbocycles. The summed E-state index contributed by atoms with van der Waals surface area (Å²) in [4.78, 5) is 1.08. The molecule has 1 aromatic heterocycles. The molecule has 0 bridgehead atoms. The lowest BCUT2D eigenvalue weighted by molar-refractivity contribution is 0.0367. The van der Waals surface area contributed by atoms with Crippen LogP contribution in [0.15, 0.2) is 16.3 Å². The topological polar surface area (TPSA) is 67.4 Å². The molecule has 0 unspecified atom stereocenters. The minimum atomic E-state index is -3.38. The highest BCUT2D eigenvalue weighted by atomic mass is 32.2. The molecule has 114 valence electrons. The lowest BCUT2D eigenvalue weighted by Gasteiger charge is -2.22. The second-order valence-electron chi connectivity index (χ2n) is 4.79. The first-order valence-electron chi connectivity index (χ1n) is 7.02. The van der Waals surface area contributed by atoms with Crippen molar-refractivity contribution in [2.45, 2.75) is 36.5 Å². The molecule has 0 radical (unpaired) electrons. The molecular weight excluding hydrogens is 296 g/mol. The van der Waals surface area contributed by atoms with Gasteiger partial charge in [-0.05, 0) is 44.5 Å². The molecule has 2 rings (SSSR count). The van der Waals surface area contributed by atoms with Gasteiger partial charge in [0.25, 0.3) is 0 Å². The van der Waals surface area contributed by atoms with Crippen LogP contribution in [0, 0.1) is 0 Å². The second kappa shape index (κ2) is 7.51. The van der Waals surface area contributed by atoms with Crippen LogP contribution in [0.1, 0.15) is 24.6 Å². The van der Waals surface area contributed by atoms with E-state index in [9.17, 15) is 8.42 Å². The third kappa shape index (κ3) is 4.53. The summed E-state index contributed by atoms with van der Waals surface area (Å²) in [6, 6.07) is 3.53. The monoisotopic (exact) mass is 318 g/mol. The van der Waals surface area contributed by atoms with Crippen molar-refractivity contribution in [3.63, 3.8) is 0 Å². The van der Waals surface area contributed by atoms with Crippen molar-refractivity contribution in [1.82, 2.24) is 10.0 Å². The second-order valence-corrected chi connectivity index (χ2v) is 7.95. The zero-order valence-corrected chi connectivity index (χ0v) is 13.4. The number of ether oxygens (including phenoxy) is 1. The Bertz CT molecular complexity index is 507. The van der Waals surface area contributed by atoms with Gasteiger partial charge in [0, 0.05) is 11.4 Å². The Morgan fingerprint density at radius 2 is 2.15 bits per heavy atom. The van der Waals surface area contributed by atoms with Crippen molar-refractivity contribution in [3.05, 3.63) is 17.0 Å². The molecule has 0 saturated carbocycles. The number of sulfonamides is 1. The van der Waals surface area contributed by atoms with Crippen LogP contribution in [0.2, 0.25) is 0 Å². The lowest BCUT2D eigenvalue weighted by atomic mass is 10.1. The quantitative estimate of drug-likeness (QED) is 0.745. The Labute approximate surface area is 124 Å². The van der Waals surface area contributed by atoms with E-state index in [0.717, 1.165) is 37.2 Å². The van der Waals surface area contributed by atoms with Gasteiger partial charge < -0.3 is 10.1 Å². The highest BCUT2D eigenvalue weighted by molar-refractivity contribution is 7.91. The van der Waals surface area contributed by atoms with Crippen molar-refractivity contribution in [3.8, 4) is 0 Å². The number of thiophene rings is 1. The summed E-state index contributed by atoms with van der Waals surface area (Å²) in [6.45, 7) is 4.72. The maximum Gasteiger partial charge on any atom is 0.250 e. The summed E-state index contributed by atoms with van der Waals surface area (Å²) in [5, 5.41) is 3.27. The Morgan fingerprint density at radius 1 is 1.40 bits per heavy atom. The fourth-order valence-electron chi connectivity index (χ4n) is 2.13. The predicted molar refractivity (Wildman–Crippen MR) is 80.7 cm³/mol. The molecule has 1 aliphatic heterocycles. The molecule has 0 amide bonds. The molecule has 1 fully saturated rings. The van der Waals surface area contributed by atoms with E-state index in [4.69, 9.17) is 4.74 Å². The molecule has 2 N–H and O–H groups in total. The molecular formula is C13H22N2O3S2. The molecule has 5 nitrogen and oxygen atoms in total. The summed E-state index contributed by atoms with van der Waals surface area (Å²) in [7, 11) is -3.38. The van der Waals surface area contributed by atoms with Gasteiger partial charge in [-0.1, -0.05) is 6.92 Å². The number of hydrogen-bond acceptors (Lipinski definition) is 5. The van der Waals surface area contributed by atoms with Gasteiger partial charge in [0.1, 0.15) is 4.21 Å². The van der Waals surface area contributed by atoms with Gasteiger partial charge in [-0.15, -0.1) is 11.3 Å². The average molecular weight is 318 g/mol. The maximum absolute atomic E-state index is 12.0. The Hall–Kier alpha value is -0.470. The molecule has 0 aliphatic carbocycles. The first kappa shape index (κ1) is 15.9. The number of hydrogen-bond donors (Lipinski definition) is 2. The van der Waals surface area contributed by atoms with Crippen LogP contribution in [0.3, 0.4) is 0 Å². The number of piperidine rings is 1. The molecule has 7 heteroatoms. The summed E-state index contributed by atoms with van der Waals surface area (Å²) in [6.07, 6.45) is 3.11. The minimum Gasteiger partial charge on any atom is -0.377 e. The predicted octanol–water partition coefficient (Wildman–Crippen LogP) is 1.36. The van der Waals surface area contributed by atoms with Crippen LogP contribution in [0.4, 0.5) is 0 Å². The standard InChI is InChI=1S/C13H22N2O3S2/c1-2-12-3-4-13(19-12)20(16,17)15-9-10-18-11-5-7-14-8-6-11/h3-4,11,14-15H,2,5-10H2,1H3. The van der Waals surface area contributed by atoms with Crippen molar-refractivity contribution in [1.29, 1.82) is 0 Å². The first-order valence-corrected chi connectivity index (χ1v) is 9.32. The van der Waals surface area contributed by atoms with Gasteiger partial charge in [0.05, 0.1) is 12.7 Å². The van der Waals surface area contributed by atoms with Gasteiger partial charge in [0.2, 0.25) is 10.0 Å². The van der Waals surface area contributed by atoms with Crippen LogP contribution in [0.25, 0.3) is 0 Å². The van der Waals surface area contributed by atoms with Gasteiger partial charge in [-0.3, -0.25) is 0 Å². The fraction of sp³-hybridized carbons (Fsp3) is 0.692. The van der Waals surface area contributed by atoms with E-state index in [1.54, 1.807) is 6.07 Å². The normalized spacial score (nSPS) is 17.4. The highest BCUT2D eigenvalue weighted by Gasteiger charge is 2.17. The molecule has 1 aromatic rings. The largest absolute Gasteiger partial charge is 0.377 e. The van der Waals surface area contributed by atoms with Gasteiger partial charge in [-0.25, -0.2) is 13.1 Å². The number of aryl methyl sites for hydroxylation is 1. The Balaban J connectivity index is 1.74. The first-order chi connectivity index (χ1) is 9.62. The summed E-state index contributed by atoms with van der Waals surface area (Å²) >= 11 is 1.33. The van der Waals surface area contributed by atoms with Crippen LogP contribution in [-0.2, 0) is 21.2 Å². The van der Waals surface area contributed by atoms with Gasteiger partial charge >= 0.3 is 0 Å².